The van der Waals surface area contributed by atoms with Gasteiger partial charge in [0, 0.05) is 35.8 Å². The van der Waals surface area contributed by atoms with E-state index < -0.39 is 5.97 Å². The molecule has 0 saturated carbocycles. The number of hydrogen-bond acceptors (Lipinski definition) is 5. The van der Waals surface area contributed by atoms with Gasteiger partial charge in [-0.1, -0.05) is 24.3 Å². The van der Waals surface area contributed by atoms with Crippen LogP contribution in [0.15, 0.2) is 72.8 Å². The van der Waals surface area contributed by atoms with Gasteiger partial charge >= 0.3 is 5.97 Å². The van der Waals surface area contributed by atoms with Gasteiger partial charge in [0.2, 0.25) is 5.91 Å². The Labute approximate surface area is 191 Å². The van der Waals surface area contributed by atoms with Crippen molar-refractivity contribution in [2.24, 2.45) is 0 Å². The van der Waals surface area contributed by atoms with Gasteiger partial charge in [-0.15, -0.1) is 0 Å². The molecule has 1 fully saturated rings. The van der Waals surface area contributed by atoms with Gasteiger partial charge in [-0.2, -0.15) is 0 Å². The van der Waals surface area contributed by atoms with Crippen molar-refractivity contribution in [3.63, 3.8) is 0 Å². The summed E-state index contributed by atoms with van der Waals surface area (Å²) in [6, 6.07) is 21.5. The standard InChI is InChI=1S/C26H24N2O5/c1-32-23-14-18(8-13-22(23)26(31)33-2)19-15-24(29)28(16-19)21-11-9-20(10-12-21)27-25(30)17-6-4-3-5-7-17/h3-14,19H,15-16H2,1-2H3,(H,27,30). The van der Waals surface area contributed by atoms with Crippen LogP contribution in [0.2, 0.25) is 0 Å². The zero-order valence-electron chi connectivity index (χ0n) is 18.4. The predicted octanol–water partition coefficient (Wildman–Crippen LogP) is 4.25. The molecule has 1 heterocycles. The molecule has 1 aliphatic rings. The van der Waals surface area contributed by atoms with Gasteiger partial charge in [0.25, 0.3) is 5.91 Å². The third-order valence-electron chi connectivity index (χ3n) is 5.70. The number of amides is 2. The smallest absolute Gasteiger partial charge is 0.341 e. The summed E-state index contributed by atoms with van der Waals surface area (Å²) < 4.78 is 10.1. The molecule has 168 valence electrons. The Morgan fingerprint density at radius 3 is 2.36 bits per heavy atom. The molecule has 0 radical (unpaired) electrons. The second-order valence-corrected chi connectivity index (χ2v) is 7.72. The minimum absolute atomic E-state index is 0.0112. The van der Waals surface area contributed by atoms with Crippen LogP contribution in [0.1, 0.15) is 38.6 Å². The molecular formula is C26H24N2O5. The number of rotatable bonds is 6. The third-order valence-corrected chi connectivity index (χ3v) is 5.70. The zero-order valence-corrected chi connectivity index (χ0v) is 18.4. The van der Waals surface area contributed by atoms with Crippen molar-refractivity contribution in [3.8, 4) is 5.75 Å². The largest absolute Gasteiger partial charge is 0.496 e. The highest BCUT2D eigenvalue weighted by molar-refractivity contribution is 6.04. The molecule has 4 rings (SSSR count). The summed E-state index contributed by atoms with van der Waals surface area (Å²) in [6.07, 6.45) is 0.354. The van der Waals surface area contributed by atoms with E-state index in [4.69, 9.17) is 9.47 Å². The number of ether oxygens (including phenoxy) is 2. The number of methoxy groups -OCH3 is 2. The molecule has 7 heteroatoms. The number of nitrogens with zero attached hydrogens (tertiary/aromatic N) is 1. The fourth-order valence-electron chi connectivity index (χ4n) is 3.94. The van der Waals surface area contributed by atoms with Crippen molar-refractivity contribution in [1.29, 1.82) is 0 Å². The van der Waals surface area contributed by atoms with Gasteiger partial charge < -0.3 is 19.7 Å². The first-order chi connectivity index (χ1) is 16.0. The Morgan fingerprint density at radius 1 is 0.970 bits per heavy atom. The van der Waals surface area contributed by atoms with Crippen molar-refractivity contribution in [2.75, 3.05) is 31.0 Å². The Morgan fingerprint density at radius 2 is 1.70 bits per heavy atom. The molecule has 1 saturated heterocycles. The average molecular weight is 444 g/mol. The maximum absolute atomic E-state index is 12.7. The summed E-state index contributed by atoms with van der Waals surface area (Å²) in [7, 11) is 2.82. The number of anilines is 2. The van der Waals surface area contributed by atoms with E-state index in [1.807, 2.05) is 36.4 Å². The van der Waals surface area contributed by atoms with Crippen LogP contribution >= 0.6 is 0 Å². The van der Waals surface area contributed by atoms with Gasteiger partial charge in [0.1, 0.15) is 11.3 Å². The monoisotopic (exact) mass is 444 g/mol. The highest BCUT2D eigenvalue weighted by Crippen LogP contribution is 2.34. The van der Waals surface area contributed by atoms with Gasteiger partial charge in [-0.3, -0.25) is 9.59 Å². The molecule has 1 aliphatic heterocycles. The molecule has 0 bridgehead atoms. The van der Waals surface area contributed by atoms with E-state index in [0.29, 0.717) is 35.5 Å². The lowest BCUT2D eigenvalue weighted by molar-refractivity contribution is -0.117. The van der Waals surface area contributed by atoms with E-state index in [9.17, 15) is 14.4 Å². The summed E-state index contributed by atoms with van der Waals surface area (Å²) in [5.41, 5.74) is 3.25. The molecule has 0 aromatic heterocycles. The van der Waals surface area contributed by atoms with Crippen LogP contribution in [0, 0.1) is 0 Å². The quantitative estimate of drug-likeness (QED) is 0.575. The maximum Gasteiger partial charge on any atom is 0.341 e. The molecule has 1 N–H and O–H groups in total. The average Bonchev–Trinajstić information content (AvgIpc) is 3.25. The van der Waals surface area contributed by atoms with Crippen LogP contribution in [0.25, 0.3) is 0 Å². The van der Waals surface area contributed by atoms with E-state index in [-0.39, 0.29) is 17.7 Å². The van der Waals surface area contributed by atoms with Crippen LogP contribution in [-0.4, -0.2) is 38.5 Å². The molecule has 1 atom stereocenters. The van der Waals surface area contributed by atoms with E-state index in [0.717, 1.165) is 11.3 Å². The number of nitrogens with one attached hydrogen (secondary N) is 1. The molecule has 3 aromatic rings. The molecule has 2 amide bonds. The minimum atomic E-state index is -0.470. The topological polar surface area (TPSA) is 84.9 Å². The second kappa shape index (κ2) is 9.56. The van der Waals surface area contributed by atoms with Crippen molar-refractivity contribution in [2.45, 2.75) is 12.3 Å². The van der Waals surface area contributed by atoms with Crippen LogP contribution < -0.4 is 15.0 Å². The van der Waals surface area contributed by atoms with E-state index in [2.05, 4.69) is 5.32 Å². The van der Waals surface area contributed by atoms with E-state index in [1.54, 1.807) is 41.3 Å². The fraction of sp³-hybridized carbons (Fsp3) is 0.192. The lowest BCUT2D eigenvalue weighted by atomic mass is 9.96. The van der Waals surface area contributed by atoms with E-state index >= 15 is 0 Å². The Hall–Kier alpha value is -4.13. The highest BCUT2D eigenvalue weighted by Gasteiger charge is 2.32. The summed E-state index contributed by atoms with van der Waals surface area (Å²) in [4.78, 5) is 38.7. The fourth-order valence-corrected chi connectivity index (χ4v) is 3.94. The molecule has 0 aliphatic carbocycles. The number of carbonyl (C=O) groups is 3. The first-order valence-electron chi connectivity index (χ1n) is 10.5. The normalized spacial score (nSPS) is 15.3. The van der Waals surface area contributed by atoms with Crippen molar-refractivity contribution < 1.29 is 23.9 Å². The Kier molecular flexibility index (Phi) is 6.40. The third kappa shape index (κ3) is 4.72. The second-order valence-electron chi connectivity index (χ2n) is 7.72. The van der Waals surface area contributed by atoms with Gasteiger partial charge in [0.15, 0.2) is 0 Å². The molecule has 0 spiro atoms. The first-order valence-corrected chi connectivity index (χ1v) is 10.5. The van der Waals surface area contributed by atoms with Crippen LogP contribution in [0.5, 0.6) is 5.75 Å². The molecule has 1 unspecified atom stereocenters. The van der Waals surface area contributed by atoms with Crippen molar-refractivity contribution in [1.82, 2.24) is 0 Å². The zero-order chi connectivity index (χ0) is 23.4. The number of benzene rings is 3. The van der Waals surface area contributed by atoms with Gasteiger partial charge in [0.05, 0.1) is 14.2 Å². The van der Waals surface area contributed by atoms with Crippen molar-refractivity contribution in [3.05, 3.63) is 89.5 Å². The maximum atomic E-state index is 12.7. The number of carbonyl (C=O) groups excluding carboxylic acids is 3. The predicted molar refractivity (Wildman–Crippen MR) is 125 cm³/mol. The molecular weight excluding hydrogens is 420 g/mol. The molecule has 3 aromatic carbocycles. The van der Waals surface area contributed by atoms with Crippen LogP contribution in [0.3, 0.4) is 0 Å². The SMILES string of the molecule is COC(=O)c1ccc(C2CC(=O)N(c3ccc(NC(=O)c4ccccc4)cc3)C2)cc1OC. The number of hydrogen-bond donors (Lipinski definition) is 1. The van der Waals surface area contributed by atoms with E-state index in [1.165, 1.54) is 14.2 Å². The van der Waals surface area contributed by atoms with Crippen LogP contribution in [-0.2, 0) is 9.53 Å². The summed E-state index contributed by atoms with van der Waals surface area (Å²) in [5, 5.41) is 2.86. The molecule has 7 nitrogen and oxygen atoms in total. The molecule has 33 heavy (non-hydrogen) atoms. The Bertz CT molecular complexity index is 1180. The first kappa shape index (κ1) is 22.1. The van der Waals surface area contributed by atoms with Gasteiger partial charge in [-0.05, 0) is 54.1 Å². The van der Waals surface area contributed by atoms with Crippen LogP contribution in [0.4, 0.5) is 11.4 Å². The highest BCUT2D eigenvalue weighted by atomic mass is 16.5. The lowest BCUT2D eigenvalue weighted by Crippen LogP contribution is -2.24. The van der Waals surface area contributed by atoms with Crippen molar-refractivity contribution >= 4 is 29.2 Å². The summed E-state index contributed by atoms with van der Waals surface area (Å²) in [5.74, 6) is -0.261. The van der Waals surface area contributed by atoms with Gasteiger partial charge in [-0.25, -0.2) is 4.79 Å². The number of esters is 1. The summed E-state index contributed by atoms with van der Waals surface area (Å²) >= 11 is 0. The minimum Gasteiger partial charge on any atom is -0.496 e. The summed E-state index contributed by atoms with van der Waals surface area (Å²) in [6.45, 7) is 0.509. The lowest BCUT2D eigenvalue weighted by Gasteiger charge is -2.18. The Balaban J connectivity index is 1.46.